The van der Waals surface area contributed by atoms with Crippen LogP contribution in [0.3, 0.4) is 0 Å². The second kappa shape index (κ2) is 8.82. The highest BCUT2D eigenvalue weighted by Crippen LogP contribution is 2.73. The second-order valence-corrected chi connectivity index (χ2v) is 10.6. The second-order valence-electron chi connectivity index (χ2n) is 10.6. The number of anilines is 1. The van der Waals surface area contributed by atoms with Crippen LogP contribution >= 0.6 is 0 Å². The van der Waals surface area contributed by atoms with Crippen LogP contribution < -0.4 is 19.1 Å². The predicted molar refractivity (Wildman–Crippen MR) is 130 cm³/mol. The number of fused-ring (bicyclic) bond motifs is 1. The molecule has 14 heteroatoms. The van der Waals surface area contributed by atoms with Crippen molar-refractivity contribution in [1.29, 1.82) is 0 Å². The maximum Gasteiger partial charge on any atom is 0.586 e. The van der Waals surface area contributed by atoms with Crippen LogP contribution in [0.15, 0.2) is 48.5 Å². The van der Waals surface area contributed by atoms with Crippen molar-refractivity contribution in [2.24, 2.45) is 10.8 Å². The average molecular weight is 579 g/mol. The Bertz CT molecular complexity index is 1550. The molecule has 0 unspecified atom stereocenters. The number of carbonyl (C=O) groups is 2. The molecule has 1 aliphatic heterocycles. The quantitative estimate of drug-likeness (QED) is 0.280. The van der Waals surface area contributed by atoms with Gasteiger partial charge in [0.15, 0.2) is 17.2 Å². The first-order valence-electron chi connectivity index (χ1n) is 12.4. The fourth-order valence-corrected chi connectivity index (χ4v) is 5.83. The highest BCUT2D eigenvalue weighted by molar-refractivity contribution is 6.06. The predicted octanol–water partition coefficient (Wildman–Crippen LogP) is 5.21. The Morgan fingerprint density at radius 2 is 1.76 bits per heavy atom. The fourth-order valence-electron chi connectivity index (χ4n) is 5.83. The molecule has 9 nitrogen and oxygen atoms in total. The highest BCUT2D eigenvalue weighted by Gasteiger charge is 2.72. The molecule has 2 aromatic carbocycles. The van der Waals surface area contributed by atoms with Gasteiger partial charge >= 0.3 is 18.4 Å². The minimum Gasteiger partial charge on any atom is -0.477 e. The molecule has 7 rings (SSSR count). The van der Waals surface area contributed by atoms with E-state index in [-0.39, 0.29) is 52.3 Å². The first-order valence-corrected chi connectivity index (χ1v) is 12.4. The molecule has 3 aromatic rings. The van der Waals surface area contributed by atoms with Gasteiger partial charge in [-0.25, -0.2) is 4.68 Å². The number of rotatable bonds is 7. The molecule has 2 heterocycles. The van der Waals surface area contributed by atoms with E-state index >= 15 is 0 Å². The number of halogens is 5. The summed E-state index contributed by atoms with van der Waals surface area (Å²) >= 11 is 0. The van der Waals surface area contributed by atoms with Crippen LogP contribution in [0.25, 0.3) is 5.69 Å². The lowest BCUT2D eigenvalue weighted by Gasteiger charge is -2.68. The van der Waals surface area contributed by atoms with Gasteiger partial charge in [-0.2, -0.15) is 18.3 Å². The van der Waals surface area contributed by atoms with E-state index in [9.17, 15) is 31.5 Å². The van der Waals surface area contributed by atoms with Crippen LogP contribution in [0.2, 0.25) is 0 Å². The summed E-state index contributed by atoms with van der Waals surface area (Å²) in [4.78, 5) is 26.4. The number of alkyl halides is 5. The largest absolute Gasteiger partial charge is 0.586 e. The number of hydrogen-bond acceptors (Lipinski definition) is 7. The Balaban J connectivity index is 1.23. The number of nitrogens with zero attached hydrogens (tertiary/aromatic N) is 3. The summed E-state index contributed by atoms with van der Waals surface area (Å²) in [6, 6.07) is 10.3. The Hall–Kier alpha value is -4.36. The molecule has 1 aromatic heterocycles. The zero-order valence-electron chi connectivity index (χ0n) is 21.6. The summed E-state index contributed by atoms with van der Waals surface area (Å²) in [5.41, 5.74) is -1.61. The smallest absolute Gasteiger partial charge is 0.477 e. The SMILES string of the molecule is COC(=O)C12CC(COc3cc(C(F)(F)F)nn3-c3cccc(C(=O)N(C)c4ccc5c(c4)OC(F)(F)O5)c3)(C1)C2. The Labute approximate surface area is 229 Å². The van der Waals surface area contributed by atoms with E-state index < -0.39 is 29.5 Å². The summed E-state index contributed by atoms with van der Waals surface area (Å²) < 4.78 is 87.9. The van der Waals surface area contributed by atoms with Crippen molar-refractivity contribution in [3.05, 3.63) is 59.8 Å². The van der Waals surface area contributed by atoms with Crippen LogP contribution in [0.1, 0.15) is 35.3 Å². The molecule has 3 saturated carbocycles. The zero-order chi connectivity index (χ0) is 29.4. The molecular weight excluding hydrogens is 557 g/mol. The van der Waals surface area contributed by atoms with Gasteiger partial charge in [-0.1, -0.05) is 6.07 Å². The summed E-state index contributed by atoms with van der Waals surface area (Å²) in [5.74, 6) is -1.49. The molecule has 3 aliphatic carbocycles. The first-order chi connectivity index (χ1) is 19.2. The van der Waals surface area contributed by atoms with Gasteiger partial charge in [0.2, 0.25) is 5.88 Å². The third kappa shape index (κ3) is 4.50. The lowest BCUT2D eigenvalue weighted by molar-refractivity contribution is -0.286. The minimum atomic E-state index is -4.75. The van der Waals surface area contributed by atoms with Gasteiger partial charge in [-0.05, 0) is 49.6 Å². The maximum absolute atomic E-state index is 13.6. The van der Waals surface area contributed by atoms with Gasteiger partial charge < -0.3 is 23.8 Å². The third-order valence-electron chi connectivity index (χ3n) is 7.67. The van der Waals surface area contributed by atoms with Crippen molar-refractivity contribution in [1.82, 2.24) is 9.78 Å². The number of carbonyl (C=O) groups excluding carboxylic acids is 2. The van der Waals surface area contributed by atoms with Crippen LogP contribution in [0, 0.1) is 10.8 Å². The summed E-state index contributed by atoms with van der Waals surface area (Å²) in [6.45, 7) is 0.0826. The normalized spacial score (nSPS) is 23.3. The van der Waals surface area contributed by atoms with E-state index in [2.05, 4.69) is 14.6 Å². The van der Waals surface area contributed by atoms with E-state index in [1.807, 2.05) is 0 Å². The molecule has 41 heavy (non-hydrogen) atoms. The molecule has 1 amide bonds. The Kier molecular flexibility index (Phi) is 5.77. The lowest BCUT2D eigenvalue weighted by Crippen LogP contribution is -2.67. The van der Waals surface area contributed by atoms with Crippen molar-refractivity contribution in [2.45, 2.75) is 31.7 Å². The average Bonchev–Trinajstić information content (AvgIpc) is 3.45. The van der Waals surface area contributed by atoms with Gasteiger partial charge in [-0.15, -0.1) is 8.78 Å². The molecule has 0 N–H and O–H groups in total. The van der Waals surface area contributed by atoms with Crippen LogP contribution in [0.5, 0.6) is 17.4 Å². The van der Waals surface area contributed by atoms with Crippen molar-refractivity contribution < 1.29 is 50.5 Å². The number of hydrogen-bond donors (Lipinski definition) is 0. The minimum absolute atomic E-state index is 0.0826. The number of esters is 1. The maximum atomic E-state index is 13.6. The number of ether oxygens (including phenoxy) is 4. The number of methoxy groups -OCH3 is 1. The monoisotopic (exact) mass is 579 g/mol. The van der Waals surface area contributed by atoms with Gasteiger partial charge in [0.25, 0.3) is 5.91 Å². The zero-order valence-corrected chi connectivity index (χ0v) is 21.6. The lowest BCUT2D eigenvalue weighted by atomic mass is 9.35. The van der Waals surface area contributed by atoms with Crippen molar-refractivity contribution in [2.75, 3.05) is 25.7 Å². The van der Waals surface area contributed by atoms with E-state index in [0.717, 1.165) is 10.7 Å². The fraction of sp³-hybridized carbons (Fsp3) is 0.370. The summed E-state index contributed by atoms with van der Waals surface area (Å²) in [6.07, 6.45) is -6.99. The molecule has 0 atom stereocenters. The van der Waals surface area contributed by atoms with E-state index in [1.54, 1.807) is 0 Å². The van der Waals surface area contributed by atoms with E-state index in [4.69, 9.17) is 9.47 Å². The molecule has 4 aliphatic rings. The molecule has 0 spiro atoms. The molecule has 0 saturated heterocycles. The van der Waals surface area contributed by atoms with E-state index in [1.165, 1.54) is 61.5 Å². The highest BCUT2D eigenvalue weighted by atomic mass is 19.4. The van der Waals surface area contributed by atoms with Crippen molar-refractivity contribution in [3.63, 3.8) is 0 Å². The van der Waals surface area contributed by atoms with Crippen LogP contribution in [-0.2, 0) is 15.7 Å². The van der Waals surface area contributed by atoms with Crippen molar-refractivity contribution in [3.8, 4) is 23.1 Å². The topological polar surface area (TPSA) is 92.1 Å². The summed E-state index contributed by atoms with van der Waals surface area (Å²) in [5, 5.41) is 3.69. The van der Waals surface area contributed by atoms with Crippen molar-refractivity contribution >= 4 is 17.6 Å². The standard InChI is InChI=1S/C27H22F5N3O6/c1-34(16-6-7-18-19(9-16)41-27(31,32)40-18)22(36)15-4-3-5-17(8-15)35-21(10-20(33-35)26(28,29)30)39-14-24-11-25(12-24,13-24)23(37)38-2/h3-10H,11-14H2,1-2H3. The Morgan fingerprint density at radius 1 is 1.05 bits per heavy atom. The van der Waals surface area contributed by atoms with Crippen LogP contribution in [0.4, 0.5) is 27.6 Å². The third-order valence-corrected chi connectivity index (χ3v) is 7.67. The molecular formula is C27H22F5N3O6. The molecule has 2 bridgehead atoms. The molecule has 0 radical (unpaired) electrons. The van der Waals surface area contributed by atoms with Gasteiger partial charge in [0.1, 0.15) is 0 Å². The van der Waals surface area contributed by atoms with Gasteiger partial charge in [0, 0.05) is 35.8 Å². The molecule has 3 fully saturated rings. The van der Waals surface area contributed by atoms with Crippen LogP contribution in [-0.4, -0.2) is 48.7 Å². The van der Waals surface area contributed by atoms with Gasteiger partial charge in [0.05, 0.1) is 24.8 Å². The Morgan fingerprint density at radius 3 is 2.44 bits per heavy atom. The number of benzene rings is 2. The summed E-state index contributed by atoms with van der Waals surface area (Å²) in [7, 11) is 2.72. The van der Waals surface area contributed by atoms with E-state index in [0.29, 0.717) is 19.3 Å². The number of aromatic nitrogens is 2. The van der Waals surface area contributed by atoms with Gasteiger partial charge in [-0.3, -0.25) is 9.59 Å². The number of amides is 1. The molecule has 216 valence electrons. The first kappa shape index (κ1) is 26.8.